The molecule has 6 heteroatoms. The molecule has 6 nitrogen and oxygen atoms in total. The van der Waals surface area contributed by atoms with Crippen LogP contribution in [0.1, 0.15) is 24.0 Å². The van der Waals surface area contributed by atoms with Crippen LogP contribution in [0.15, 0.2) is 42.6 Å². The second kappa shape index (κ2) is 6.23. The summed E-state index contributed by atoms with van der Waals surface area (Å²) in [6, 6.07) is 11.9. The number of carbonyl (C=O) groups excluding carboxylic acids is 2. The molecular weight excluding hydrogens is 340 g/mol. The van der Waals surface area contributed by atoms with Crippen LogP contribution in [-0.2, 0) is 22.4 Å². The van der Waals surface area contributed by atoms with Crippen molar-refractivity contribution in [1.82, 2.24) is 10.2 Å². The highest BCUT2D eigenvalue weighted by Crippen LogP contribution is 2.31. The average molecular weight is 360 g/mol. The minimum atomic E-state index is -0.342. The Hall–Kier alpha value is -3.15. The summed E-state index contributed by atoms with van der Waals surface area (Å²) in [4.78, 5) is 27.0. The Morgan fingerprint density at radius 2 is 2.04 bits per heavy atom. The van der Waals surface area contributed by atoms with Crippen molar-refractivity contribution < 1.29 is 9.59 Å². The van der Waals surface area contributed by atoms with Crippen molar-refractivity contribution in [2.24, 2.45) is 5.92 Å². The van der Waals surface area contributed by atoms with Crippen molar-refractivity contribution in [2.45, 2.75) is 25.7 Å². The summed E-state index contributed by atoms with van der Waals surface area (Å²) in [7, 11) is 0. The Bertz CT molecular complexity index is 1060. The van der Waals surface area contributed by atoms with Crippen LogP contribution in [-0.4, -0.2) is 28.6 Å². The molecule has 0 saturated carbocycles. The monoisotopic (exact) mass is 360 g/mol. The van der Waals surface area contributed by atoms with E-state index in [1.54, 1.807) is 11.1 Å². The fourth-order valence-corrected chi connectivity index (χ4v) is 4.12. The first-order chi connectivity index (χ1) is 13.2. The number of nitrogens with one attached hydrogen (secondary N) is 2. The lowest BCUT2D eigenvalue weighted by Gasteiger charge is -2.18. The zero-order chi connectivity index (χ0) is 18.4. The van der Waals surface area contributed by atoms with E-state index >= 15 is 0 Å². The number of H-pyrrole nitrogens is 1. The van der Waals surface area contributed by atoms with Crippen molar-refractivity contribution in [3.8, 4) is 0 Å². The molecular formula is C21H20N4O2. The summed E-state index contributed by atoms with van der Waals surface area (Å²) in [5, 5.41) is 10.8. The summed E-state index contributed by atoms with van der Waals surface area (Å²) >= 11 is 0. The molecule has 2 heterocycles. The maximum atomic E-state index is 12.7. The van der Waals surface area contributed by atoms with E-state index in [0.29, 0.717) is 6.54 Å². The molecule has 1 aliphatic carbocycles. The number of benzene rings is 2. The number of aromatic nitrogens is 2. The molecule has 1 aromatic heterocycles. The molecule has 1 saturated heterocycles. The number of anilines is 2. The van der Waals surface area contributed by atoms with Crippen molar-refractivity contribution in [2.75, 3.05) is 16.8 Å². The predicted molar refractivity (Wildman–Crippen MR) is 104 cm³/mol. The lowest BCUT2D eigenvalue weighted by Crippen LogP contribution is -2.28. The first-order valence-electron chi connectivity index (χ1n) is 9.33. The van der Waals surface area contributed by atoms with Gasteiger partial charge < -0.3 is 10.2 Å². The average Bonchev–Trinajstić information content (AvgIpc) is 3.39. The zero-order valence-corrected chi connectivity index (χ0v) is 14.9. The minimum absolute atomic E-state index is 0.0124. The molecule has 3 aromatic rings. The molecule has 136 valence electrons. The fraction of sp³-hybridized carbons (Fsp3) is 0.286. The number of hydrogen-bond acceptors (Lipinski definition) is 3. The fourth-order valence-electron chi connectivity index (χ4n) is 4.12. The van der Waals surface area contributed by atoms with E-state index < -0.39 is 0 Å². The summed E-state index contributed by atoms with van der Waals surface area (Å²) in [6.45, 7) is 0.428. The highest BCUT2D eigenvalue weighted by molar-refractivity contribution is 6.04. The second-order valence-corrected chi connectivity index (χ2v) is 7.37. The molecule has 2 aliphatic rings. The lowest BCUT2D eigenvalue weighted by molar-refractivity contribution is -0.122. The minimum Gasteiger partial charge on any atom is -0.326 e. The topological polar surface area (TPSA) is 78.1 Å². The quantitative estimate of drug-likeness (QED) is 0.754. The van der Waals surface area contributed by atoms with Gasteiger partial charge in [0.15, 0.2) is 0 Å². The number of amides is 2. The molecule has 0 spiro atoms. The highest BCUT2D eigenvalue weighted by Gasteiger charge is 2.35. The largest absolute Gasteiger partial charge is 0.326 e. The highest BCUT2D eigenvalue weighted by atomic mass is 16.2. The molecule has 1 atom stereocenters. The third kappa shape index (κ3) is 2.87. The maximum absolute atomic E-state index is 12.7. The number of aryl methyl sites for hydroxylation is 2. The van der Waals surface area contributed by atoms with Gasteiger partial charge in [-0.05, 0) is 60.7 Å². The zero-order valence-electron chi connectivity index (χ0n) is 14.9. The number of carbonyl (C=O) groups is 2. The SMILES string of the molecule is O=C(Nc1ccc2[nH]ncc2c1)[C@H]1CC(=O)N(c2ccc3c(c2)CCC3)C1. The number of fused-ring (bicyclic) bond motifs is 2. The number of hydrogen-bond donors (Lipinski definition) is 2. The molecule has 1 fully saturated rings. The summed E-state index contributed by atoms with van der Waals surface area (Å²) < 4.78 is 0. The molecule has 1 aliphatic heterocycles. The molecule has 2 amide bonds. The van der Waals surface area contributed by atoms with E-state index in [1.165, 1.54) is 17.5 Å². The van der Waals surface area contributed by atoms with Gasteiger partial charge in [0, 0.05) is 29.7 Å². The molecule has 2 aromatic carbocycles. The van der Waals surface area contributed by atoms with E-state index in [9.17, 15) is 9.59 Å². The molecule has 0 radical (unpaired) electrons. The van der Waals surface area contributed by atoms with Crippen LogP contribution in [0.5, 0.6) is 0 Å². The first-order valence-corrected chi connectivity index (χ1v) is 9.33. The Labute approximate surface area is 156 Å². The summed E-state index contributed by atoms with van der Waals surface area (Å²) in [5.74, 6) is -0.445. The van der Waals surface area contributed by atoms with E-state index in [2.05, 4.69) is 27.6 Å². The van der Waals surface area contributed by atoms with Crippen molar-refractivity contribution in [3.63, 3.8) is 0 Å². The summed E-state index contributed by atoms with van der Waals surface area (Å²) in [5.41, 5.74) is 5.27. The predicted octanol–water partition coefficient (Wildman–Crippen LogP) is 3.04. The van der Waals surface area contributed by atoms with Crippen LogP contribution in [0.25, 0.3) is 10.9 Å². The number of nitrogens with zero attached hydrogens (tertiary/aromatic N) is 2. The van der Waals surface area contributed by atoms with Gasteiger partial charge in [-0.1, -0.05) is 6.07 Å². The maximum Gasteiger partial charge on any atom is 0.229 e. The van der Waals surface area contributed by atoms with E-state index in [4.69, 9.17) is 0 Å². The third-order valence-electron chi connectivity index (χ3n) is 5.60. The first kappa shape index (κ1) is 16.1. The van der Waals surface area contributed by atoms with Gasteiger partial charge in [-0.15, -0.1) is 0 Å². The Balaban J connectivity index is 1.31. The second-order valence-electron chi connectivity index (χ2n) is 7.37. The molecule has 5 rings (SSSR count). The smallest absolute Gasteiger partial charge is 0.229 e. The molecule has 27 heavy (non-hydrogen) atoms. The Morgan fingerprint density at radius 3 is 2.96 bits per heavy atom. The van der Waals surface area contributed by atoms with Crippen LogP contribution < -0.4 is 10.2 Å². The standard InChI is InChI=1S/C21H20N4O2/c26-20-10-16(12-25(20)18-6-4-13-2-1-3-14(13)9-18)21(27)23-17-5-7-19-15(8-17)11-22-24-19/h4-9,11,16H,1-3,10,12H2,(H,22,24)(H,23,27)/t16-/m0/s1. The van der Waals surface area contributed by atoms with Gasteiger partial charge in [0.25, 0.3) is 0 Å². The van der Waals surface area contributed by atoms with Crippen LogP contribution in [0.2, 0.25) is 0 Å². The number of rotatable bonds is 3. The molecule has 0 unspecified atom stereocenters. The van der Waals surface area contributed by atoms with Gasteiger partial charge in [0.2, 0.25) is 11.8 Å². The van der Waals surface area contributed by atoms with Crippen LogP contribution in [0, 0.1) is 5.92 Å². The Morgan fingerprint density at radius 1 is 1.15 bits per heavy atom. The van der Waals surface area contributed by atoms with E-state index in [-0.39, 0.29) is 24.2 Å². The Kier molecular flexibility index (Phi) is 3.70. The van der Waals surface area contributed by atoms with Gasteiger partial charge in [-0.25, -0.2) is 0 Å². The van der Waals surface area contributed by atoms with Crippen LogP contribution >= 0.6 is 0 Å². The van der Waals surface area contributed by atoms with Gasteiger partial charge in [-0.3, -0.25) is 14.7 Å². The van der Waals surface area contributed by atoms with Crippen LogP contribution in [0.3, 0.4) is 0 Å². The third-order valence-corrected chi connectivity index (χ3v) is 5.60. The summed E-state index contributed by atoms with van der Waals surface area (Å²) in [6.07, 6.45) is 5.34. The van der Waals surface area contributed by atoms with Crippen molar-refractivity contribution in [1.29, 1.82) is 0 Å². The molecule has 0 bridgehead atoms. The van der Waals surface area contributed by atoms with E-state index in [1.807, 2.05) is 24.3 Å². The van der Waals surface area contributed by atoms with Gasteiger partial charge in [0.05, 0.1) is 17.6 Å². The van der Waals surface area contributed by atoms with E-state index in [0.717, 1.165) is 35.1 Å². The van der Waals surface area contributed by atoms with Gasteiger partial charge in [-0.2, -0.15) is 5.10 Å². The number of aromatic amines is 1. The lowest BCUT2D eigenvalue weighted by atomic mass is 10.1. The van der Waals surface area contributed by atoms with Gasteiger partial charge in [0.1, 0.15) is 0 Å². The van der Waals surface area contributed by atoms with Gasteiger partial charge >= 0.3 is 0 Å². The van der Waals surface area contributed by atoms with Crippen molar-refractivity contribution in [3.05, 3.63) is 53.7 Å². The molecule has 2 N–H and O–H groups in total. The van der Waals surface area contributed by atoms with Crippen LogP contribution in [0.4, 0.5) is 11.4 Å². The van der Waals surface area contributed by atoms with Crippen molar-refractivity contribution >= 4 is 34.1 Å². The normalized spacial score (nSPS) is 18.9.